The molecule has 0 unspecified atom stereocenters. The molecule has 0 spiro atoms. The third-order valence-corrected chi connectivity index (χ3v) is 3.63. The van der Waals surface area contributed by atoms with Gasteiger partial charge in [-0.1, -0.05) is 23.7 Å². The average molecular weight is 341 g/mol. The Morgan fingerprint density at radius 3 is 2.22 bits per heavy atom. The van der Waals surface area contributed by atoms with Crippen molar-refractivity contribution in [2.45, 2.75) is 46.4 Å². The Balaban J connectivity index is 2.60. The minimum absolute atomic E-state index is 0.0145. The number of carbonyl (C=O) groups is 1. The van der Waals surface area contributed by atoms with Gasteiger partial charge in [-0.05, 0) is 51.8 Å². The number of amides is 1. The molecule has 0 bridgehead atoms. The molecule has 1 radical (unpaired) electrons. The van der Waals surface area contributed by atoms with Gasteiger partial charge in [0, 0.05) is 24.3 Å². The lowest BCUT2D eigenvalue weighted by molar-refractivity contribution is -0.159. The fraction of sp³-hybridized carbons (Fsp3) is 0.556. The monoisotopic (exact) mass is 340 g/mol. The minimum atomic E-state index is -0.389. The van der Waals surface area contributed by atoms with E-state index in [2.05, 4.69) is 0 Å². The zero-order chi connectivity index (χ0) is 17.2. The summed E-state index contributed by atoms with van der Waals surface area (Å²) in [6.07, 6.45) is 1.88. The number of ether oxygens (including phenoxy) is 2. The summed E-state index contributed by atoms with van der Waals surface area (Å²) in [6, 6.07) is 7.59. The van der Waals surface area contributed by atoms with Crippen molar-refractivity contribution >= 4 is 17.5 Å². The number of halogens is 1. The van der Waals surface area contributed by atoms with Crippen molar-refractivity contribution < 1.29 is 14.3 Å². The van der Waals surface area contributed by atoms with Crippen LogP contribution in [0.5, 0.6) is 0 Å². The van der Waals surface area contributed by atoms with Crippen molar-refractivity contribution in [1.29, 1.82) is 0 Å². The predicted molar refractivity (Wildman–Crippen MR) is 93.3 cm³/mol. The molecule has 1 amide bonds. The normalized spacial score (nSPS) is 11.3. The Kier molecular flexibility index (Phi) is 9.22. The van der Waals surface area contributed by atoms with Gasteiger partial charge in [-0.25, -0.2) is 0 Å². The number of carbonyl (C=O) groups excluding carboxylic acids is 1. The molecule has 4 nitrogen and oxygen atoms in total. The van der Waals surface area contributed by atoms with Crippen molar-refractivity contribution in [3.63, 3.8) is 0 Å². The zero-order valence-corrected chi connectivity index (χ0v) is 15.2. The van der Waals surface area contributed by atoms with Crippen LogP contribution in [0.15, 0.2) is 24.3 Å². The van der Waals surface area contributed by atoms with Crippen molar-refractivity contribution in [1.82, 2.24) is 4.90 Å². The first kappa shape index (κ1) is 19.9. The topological polar surface area (TPSA) is 38.8 Å². The smallest absolute Gasteiger partial charge is 0.227 e. The maximum absolute atomic E-state index is 12.5. The van der Waals surface area contributed by atoms with E-state index < -0.39 is 0 Å². The molecule has 1 aromatic carbocycles. The Bertz CT molecular complexity index is 456. The van der Waals surface area contributed by atoms with Crippen LogP contribution in [0.2, 0.25) is 5.02 Å². The maximum atomic E-state index is 12.5. The average Bonchev–Trinajstić information content (AvgIpc) is 2.51. The highest BCUT2D eigenvalue weighted by molar-refractivity contribution is 6.30. The SMILES string of the molecule is CCOC(CN(C(=O)[CH]Cc1ccc(Cl)cc1)C(C)C)OCC. The van der Waals surface area contributed by atoms with Crippen LogP contribution in [0.25, 0.3) is 0 Å². The van der Waals surface area contributed by atoms with E-state index in [1.54, 1.807) is 11.3 Å². The van der Waals surface area contributed by atoms with E-state index in [9.17, 15) is 4.79 Å². The lowest BCUT2D eigenvalue weighted by Crippen LogP contribution is -2.44. The molecular weight excluding hydrogens is 314 g/mol. The van der Waals surface area contributed by atoms with Crippen molar-refractivity contribution in [2.24, 2.45) is 0 Å². The highest BCUT2D eigenvalue weighted by Gasteiger charge is 2.22. The highest BCUT2D eigenvalue weighted by atomic mass is 35.5. The van der Waals surface area contributed by atoms with E-state index in [0.29, 0.717) is 31.2 Å². The molecule has 1 aromatic rings. The largest absolute Gasteiger partial charge is 0.351 e. The molecule has 0 fully saturated rings. The number of hydrogen-bond acceptors (Lipinski definition) is 3. The first-order valence-corrected chi connectivity index (χ1v) is 8.47. The predicted octanol–water partition coefficient (Wildman–Crippen LogP) is 3.72. The van der Waals surface area contributed by atoms with E-state index in [0.717, 1.165) is 5.56 Å². The number of nitrogens with zero attached hydrogens (tertiary/aromatic N) is 1. The van der Waals surface area contributed by atoms with E-state index >= 15 is 0 Å². The molecule has 0 atom stereocenters. The second kappa shape index (κ2) is 10.6. The second-order valence-electron chi connectivity index (χ2n) is 5.46. The molecule has 0 aliphatic carbocycles. The molecule has 5 heteroatoms. The molecule has 0 aliphatic heterocycles. The first-order valence-electron chi connectivity index (χ1n) is 8.09. The second-order valence-corrected chi connectivity index (χ2v) is 5.90. The van der Waals surface area contributed by atoms with Gasteiger partial charge in [-0.15, -0.1) is 0 Å². The summed E-state index contributed by atoms with van der Waals surface area (Å²) < 4.78 is 11.1. The summed E-state index contributed by atoms with van der Waals surface area (Å²) in [5, 5.41) is 0.695. The van der Waals surface area contributed by atoms with Crippen LogP contribution in [0.3, 0.4) is 0 Å². The van der Waals surface area contributed by atoms with Gasteiger partial charge in [0.25, 0.3) is 0 Å². The van der Waals surface area contributed by atoms with E-state index in [4.69, 9.17) is 21.1 Å². The van der Waals surface area contributed by atoms with Gasteiger partial charge in [0.2, 0.25) is 5.91 Å². The highest BCUT2D eigenvalue weighted by Crippen LogP contribution is 2.12. The molecule has 0 saturated heterocycles. The molecule has 129 valence electrons. The van der Waals surface area contributed by atoms with Crippen LogP contribution >= 0.6 is 11.6 Å². The fourth-order valence-electron chi connectivity index (χ4n) is 2.18. The molecule has 1 rings (SSSR count). The quantitative estimate of drug-likeness (QED) is 0.609. The Hall–Kier alpha value is -1.10. The Morgan fingerprint density at radius 2 is 1.74 bits per heavy atom. The molecule has 0 aliphatic rings. The van der Waals surface area contributed by atoms with Crippen molar-refractivity contribution in [3.05, 3.63) is 41.3 Å². The van der Waals surface area contributed by atoms with Crippen LogP contribution in [0, 0.1) is 6.42 Å². The number of hydrogen-bond donors (Lipinski definition) is 0. The Morgan fingerprint density at radius 1 is 1.17 bits per heavy atom. The Labute approximate surface area is 144 Å². The van der Waals surface area contributed by atoms with Gasteiger partial charge in [0.05, 0.1) is 13.0 Å². The van der Waals surface area contributed by atoms with Crippen molar-refractivity contribution in [2.75, 3.05) is 19.8 Å². The lowest BCUT2D eigenvalue weighted by atomic mass is 10.1. The van der Waals surface area contributed by atoms with Gasteiger partial charge < -0.3 is 14.4 Å². The lowest BCUT2D eigenvalue weighted by Gasteiger charge is -2.30. The van der Waals surface area contributed by atoms with Crippen LogP contribution in [-0.2, 0) is 20.7 Å². The standard InChI is InChI=1S/C18H27ClNO3/c1-5-22-18(23-6-2)13-20(14(3)4)17(21)12-9-15-7-10-16(19)11-8-15/h7-8,10-12,14,18H,5-6,9,13H2,1-4H3. The van der Waals surface area contributed by atoms with Crippen molar-refractivity contribution in [3.8, 4) is 0 Å². The summed E-state index contributed by atoms with van der Waals surface area (Å²) in [6.45, 7) is 9.35. The number of rotatable bonds is 10. The van der Waals surface area contributed by atoms with Crippen LogP contribution < -0.4 is 0 Å². The third-order valence-electron chi connectivity index (χ3n) is 3.38. The van der Waals surface area contributed by atoms with E-state index in [1.807, 2.05) is 52.0 Å². The summed E-state index contributed by atoms with van der Waals surface area (Å²) in [7, 11) is 0. The van der Waals surface area contributed by atoms with Crippen LogP contribution in [0.4, 0.5) is 0 Å². The molecule has 23 heavy (non-hydrogen) atoms. The molecule has 0 heterocycles. The third kappa shape index (κ3) is 7.34. The van der Waals surface area contributed by atoms with E-state index in [1.165, 1.54) is 0 Å². The van der Waals surface area contributed by atoms with Crippen LogP contribution in [-0.4, -0.2) is 42.9 Å². The summed E-state index contributed by atoms with van der Waals surface area (Å²) >= 11 is 5.87. The molecule has 0 N–H and O–H groups in total. The first-order chi connectivity index (χ1) is 11.0. The number of benzene rings is 1. The fourth-order valence-corrected chi connectivity index (χ4v) is 2.31. The van der Waals surface area contributed by atoms with Gasteiger partial charge >= 0.3 is 0 Å². The molecule has 0 aromatic heterocycles. The minimum Gasteiger partial charge on any atom is -0.351 e. The summed E-state index contributed by atoms with van der Waals surface area (Å²) in [4.78, 5) is 14.3. The van der Waals surface area contributed by atoms with Crippen LogP contribution in [0.1, 0.15) is 33.3 Å². The zero-order valence-electron chi connectivity index (χ0n) is 14.4. The van der Waals surface area contributed by atoms with E-state index in [-0.39, 0.29) is 18.2 Å². The van der Waals surface area contributed by atoms with Gasteiger partial charge in [0.1, 0.15) is 0 Å². The maximum Gasteiger partial charge on any atom is 0.227 e. The van der Waals surface area contributed by atoms with Gasteiger partial charge in [-0.2, -0.15) is 0 Å². The molecular formula is C18H27ClNO3. The van der Waals surface area contributed by atoms with Gasteiger partial charge in [-0.3, -0.25) is 4.79 Å². The summed E-state index contributed by atoms with van der Waals surface area (Å²) in [5.41, 5.74) is 1.05. The molecule has 0 saturated carbocycles. The summed E-state index contributed by atoms with van der Waals surface area (Å²) in [5.74, 6) is -0.0145. The van der Waals surface area contributed by atoms with Gasteiger partial charge in [0.15, 0.2) is 6.29 Å².